The molecule has 0 aliphatic carbocycles. The summed E-state index contributed by atoms with van der Waals surface area (Å²) in [5.74, 6) is -0.0315. The van der Waals surface area contributed by atoms with Gasteiger partial charge < -0.3 is 14.2 Å². The van der Waals surface area contributed by atoms with Crippen molar-refractivity contribution in [2.24, 2.45) is 0 Å². The summed E-state index contributed by atoms with van der Waals surface area (Å²) in [5, 5.41) is 3.97. The van der Waals surface area contributed by atoms with E-state index in [-0.39, 0.29) is 23.9 Å². The Labute approximate surface area is 150 Å². The van der Waals surface area contributed by atoms with E-state index in [2.05, 4.69) is 4.90 Å². The zero-order valence-electron chi connectivity index (χ0n) is 14.2. The summed E-state index contributed by atoms with van der Waals surface area (Å²) in [5.41, 5.74) is 1.75. The molecule has 7 heteroatoms. The summed E-state index contributed by atoms with van der Waals surface area (Å²) < 4.78 is 5.16. The van der Waals surface area contributed by atoms with Crippen LogP contribution in [-0.4, -0.2) is 53.3 Å². The van der Waals surface area contributed by atoms with Crippen molar-refractivity contribution in [2.75, 3.05) is 31.1 Å². The van der Waals surface area contributed by atoms with E-state index in [1.54, 1.807) is 35.7 Å². The molecule has 2 fully saturated rings. The van der Waals surface area contributed by atoms with E-state index >= 15 is 0 Å². The SMILES string of the molecule is CC(=O)N1CC(=O)N(c2ccsc2)C[C@@]12CCN(Cc1ccoc1)C2. The Morgan fingerprint density at radius 2 is 2.24 bits per heavy atom. The molecule has 2 amide bonds. The molecule has 4 heterocycles. The number of carbonyl (C=O) groups is 2. The summed E-state index contributed by atoms with van der Waals surface area (Å²) in [6, 6.07) is 3.94. The number of rotatable bonds is 3. The molecule has 0 bridgehead atoms. The lowest BCUT2D eigenvalue weighted by Gasteiger charge is -2.48. The monoisotopic (exact) mass is 359 g/mol. The Morgan fingerprint density at radius 3 is 2.92 bits per heavy atom. The maximum absolute atomic E-state index is 12.6. The van der Waals surface area contributed by atoms with Crippen molar-refractivity contribution in [1.29, 1.82) is 0 Å². The van der Waals surface area contributed by atoms with E-state index < -0.39 is 0 Å². The first-order valence-electron chi connectivity index (χ1n) is 8.42. The van der Waals surface area contributed by atoms with Crippen molar-refractivity contribution in [3.63, 3.8) is 0 Å². The molecule has 1 atom stereocenters. The van der Waals surface area contributed by atoms with Crippen molar-refractivity contribution in [3.05, 3.63) is 41.0 Å². The highest BCUT2D eigenvalue weighted by molar-refractivity contribution is 7.08. The van der Waals surface area contributed by atoms with Crippen LogP contribution in [0.25, 0.3) is 0 Å². The Bertz CT molecular complexity index is 759. The topological polar surface area (TPSA) is 57.0 Å². The van der Waals surface area contributed by atoms with Crippen molar-refractivity contribution in [3.8, 4) is 0 Å². The molecule has 4 rings (SSSR count). The number of likely N-dealkylation sites (tertiary alicyclic amines) is 1. The quantitative estimate of drug-likeness (QED) is 0.843. The van der Waals surface area contributed by atoms with Crippen LogP contribution in [0.4, 0.5) is 5.69 Å². The van der Waals surface area contributed by atoms with E-state index in [0.717, 1.165) is 37.3 Å². The highest BCUT2D eigenvalue weighted by Crippen LogP contribution is 2.35. The Balaban J connectivity index is 1.58. The zero-order valence-corrected chi connectivity index (χ0v) is 15.0. The van der Waals surface area contributed by atoms with Crippen LogP contribution < -0.4 is 4.90 Å². The van der Waals surface area contributed by atoms with Crippen LogP contribution in [0.5, 0.6) is 0 Å². The molecule has 1 spiro atoms. The largest absolute Gasteiger partial charge is 0.472 e. The van der Waals surface area contributed by atoms with Crippen molar-refractivity contribution < 1.29 is 14.0 Å². The molecule has 25 heavy (non-hydrogen) atoms. The molecule has 0 saturated carbocycles. The van der Waals surface area contributed by atoms with Gasteiger partial charge in [0.1, 0.15) is 6.54 Å². The lowest BCUT2D eigenvalue weighted by Crippen LogP contribution is -2.66. The first kappa shape index (κ1) is 16.4. The van der Waals surface area contributed by atoms with Gasteiger partial charge in [0.15, 0.2) is 0 Å². The Hall–Kier alpha value is -2.12. The molecule has 0 radical (unpaired) electrons. The van der Waals surface area contributed by atoms with Crippen LogP contribution in [0.1, 0.15) is 18.9 Å². The summed E-state index contributed by atoms with van der Waals surface area (Å²) in [6.45, 7) is 4.76. The van der Waals surface area contributed by atoms with Gasteiger partial charge in [-0.15, -0.1) is 0 Å². The molecule has 2 aliphatic rings. The molecule has 6 nitrogen and oxygen atoms in total. The molecular formula is C18H21N3O3S. The minimum atomic E-state index is -0.314. The van der Waals surface area contributed by atoms with Gasteiger partial charge >= 0.3 is 0 Å². The average molecular weight is 359 g/mol. The third-order valence-electron chi connectivity index (χ3n) is 5.21. The second-order valence-corrected chi connectivity index (χ2v) is 7.66. The molecule has 2 saturated heterocycles. The minimum Gasteiger partial charge on any atom is -0.472 e. The van der Waals surface area contributed by atoms with Crippen molar-refractivity contribution in [1.82, 2.24) is 9.80 Å². The fourth-order valence-corrected chi connectivity index (χ4v) is 4.66. The standard InChI is InChI=1S/C18H21N3O3S/c1-14(22)21-9-17(23)20(16-3-7-25-11-16)13-18(21)4-5-19(12-18)8-15-2-6-24-10-15/h2-3,6-7,10-11H,4-5,8-9,12-13H2,1H3/t18-/m0/s1. The fourth-order valence-electron chi connectivity index (χ4n) is 4.01. The number of hydrogen-bond acceptors (Lipinski definition) is 5. The van der Waals surface area contributed by atoms with Crippen molar-refractivity contribution >= 4 is 28.8 Å². The van der Waals surface area contributed by atoms with Gasteiger partial charge in [0.2, 0.25) is 11.8 Å². The molecule has 132 valence electrons. The highest BCUT2D eigenvalue weighted by atomic mass is 32.1. The van der Waals surface area contributed by atoms with Crippen LogP contribution >= 0.6 is 11.3 Å². The lowest BCUT2D eigenvalue weighted by molar-refractivity contribution is -0.142. The van der Waals surface area contributed by atoms with E-state index in [1.165, 1.54) is 0 Å². The zero-order chi connectivity index (χ0) is 17.4. The molecule has 2 aliphatic heterocycles. The molecule has 2 aromatic heterocycles. The van der Waals surface area contributed by atoms with Gasteiger partial charge in [0, 0.05) is 37.5 Å². The number of anilines is 1. The summed E-state index contributed by atoms with van der Waals surface area (Å²) >= 11 is 1.58. The molecule has 0 N–H and O–H groups in total. The Morgan fingerprint density at radius 1 is 1.36 bits per heavy atom. The predicted octanol–water partition coefficient (Wildman–Crippen LogP) is 2.18. The minimum absolute atomic E-state index is 0.00694. The maximum atomic E-state index is 12.6. The summed E-state index contributed by atoms with van der Waals surface area (Å²) in [6.07, 6.45) is 4.31. The van der Waals surface area contributed by atoms with Crippen LogP contribution in [0, 0.1) is 0 Å². The fraction of sp³-hybridized carbons (Fsp3) is 0.444. The van der Waals surface area contributed by atoms with E-state index in [1.807, 2.05) is 27.8 Å². The van der Waals surface area contributed by atoms with E-state index in [0.29, 0.717) is 6.54 Å². The average Bonchev–Trinajstić information content (AvgIpc) is 3.33. The number of nitrogens with zero attached hydrogens (tertiary/aromatic N) is 3. The second kappa shape index (κ2) is 6.31. The number of piperazine rings is 1. The first-order valence-corrected chi connectivity index (χ1v) is 9.36. The maximum Gasteiger partial charge on any atom is 0.246 e. The molecule has 0 aromatic carbocycles. The van der Waals surface area contributed by atoms with Gasteiger partial charge in [-0.05, 0) is 23.9 Å². The van der Waals surface area contributed by atoms with Crippen LogP contribution in [0.15, 0.2) is 39.8 Å². The molecule has 0 unspecified atom stereocenters. The molecular weight excluding hydrogens is 338 g/mol. The number of carbonyl (C=O) groups excluding carboxylic acids is 2. The lowest BCUT2D eigenvalue weighted by atomic mass is 9.92. The predicted molar refractivity (Wildman–Crippen MR) is 95.4 cm³/mol. The van der Waals surface area contributed by atoms with Crippen LogP contribution in [-0.2, 0) is 16.1 Å². The molecule has 2 aromatic rings. The number of amides is 2. The van der Waals surface area contributed by atoms with Gasteiger partial charge in [-0.1, -0.05) is 0 Å². The Kier molecular flexibility index (Phi) is 4.13. The normalized spacial score (nSPS) is 24.4. The third-order valence-corrected chi connectivity index (χ3v) is 5.89. The van der Waals surface area contributed by atoms with Gasteiger partial charge in [0.25, 0.3) is 0 Å². The van der Waals surface area contributed by atoms with E-state index in [4.69, 9.17) is 4.42 Å². The van der Waals surface area contributed by atoms with Gasteiger partial charge in [0.05, 0.1) is 30.3 Å². The highest BCUT2D eigenvalue weighted by Gasteiger charge is 2.50. The third kappa shape index (κ3) is 2.98. The smallest absolute Gasteiger partial charge is 0.246 e. The number of hydrogen-bond donors (Lipinski definition) is 0. The van der Waals surface area contributed by atoms with Gasteiger partial charge in [-0.3, -0.25) is 14.5 Å². The van der Waals surface area contributed by atoms with E-state index in [9.17, 15) is 9.59 Å². The summed E-state index contributed by atoms with van der Waals surface area (Å²) in [7, 11) is 0. The number of furan rings is 1. The van der Waals surface area contributed by atoms with Gasteiger partial charge in [-0.2, -0.15) is 11.3 Å². The van der Waals surface area contributed by atoms with Crippen LogP contribution in [0.2, 0.25) is 0 Å². The van der Waals surface area contributed by atoms with Crippen LogP contribution in [0.3, 0.4) is 0 Å². The first-order chi connectivity index (χ1) is 12.1. The second-order valence-electron chi connectivity index (χ2n) is 6.88. The van der Waals surface area contributed by atoms with Gasteiger partial charge in [-0.25, -0.2) is 0 Å². The summed E-state index contributed by atoms with van der Waals surface area (Å²) in [4.78, 5) is 30.8. The van der Waals surface area contributed by atoms with Crippen molar-refractivity contribution in [2.45, 2.75) is 25.4 Å². The number of thiophene rings is 1.